The van der Waals surface area contributed by atoms with Crippen molar-refractivity contribution in [1.29, 1.82) is 0 Å². The Balaban J connectivity index is 1.74. The van der Waals surface area contributed by atoms with Crippen LogP contribution in [-0.4, -0.2) is 32.1 Å². The van der Waals surface area contributed by atoms with Crippen LogP contribution in [0, 0.1) is 0 Å². The normalized spacial score (nSPS) is 10.2. The molecule has 0 aliphatic heterocycles. The lowest BCUT2D eigenvalue weighted by Crippen LogP contribution is -2.14. The van der Waals surface area contributed by atoms with Gasteiger partial charge in [-0.2, -0.15) is 0 Å². The molecule has 0 saturated heterocycles. The highest BCUT2D eigenvalue weighted by Crippen LogP contribution is 2.27. The van der Waals surface area contributed by atoms with Crippen LogP contribution in [0.25, 0.3) is 0 Å². The molecule has 1 amide bonds. The predicted molar refractivity (Wildman–Crippen MR) is 119 cm³/mol. The SMILES string of the molecule is COC(=O)c1ccc(Oc2cccc(NC(=O)Cc3ccc(Cl)cc3)c2)cc1C(=O)OC. The van der Waals surface area contributed by atoms with Gasteiger partial charge >= 0.3 is 11.9 Å². The van der Waals surface area contributed by atoms with Gasteiger partial charge in [0.05, 0.1) is 31.8 Å². The van der Waals surface area contributed by atoms with Crippen LogP contribution < -0.4 is 10.1 Å². The predicted octanol–water partition coefficient (Wildman–Crippen LogP) is 4.89. The minimum absolute atomic E-state index is 0.0178. The quantitative estimate of drug-likeness (QED) is 0.512. The van der Waals surface area contributed by atoms with Gasteiger partial charge < -0.3 is 19.5 Å². The minimum Gasteiger partial charge on any atom is -0.465 e. The lowest BCUT2D eigenvalue weighted by Gasteiger charge is -2.11. The van der Waals surface area contributed by atoms with Crippen molar-refractivity contribution in [3.63, 3.8) is 0 Å². The van der Waals surface area contributed by atoms with E-state index in [0.29, 0.717) is 22.2 Å². The number of hydrogen-bond donors (Lipinski definition) is 1. The summed E-state index contributed by atoms with van der Waals surface area (Å²) in [5, 5.41) is 3.42. The van der Waals surface area contributed by atoms with E-state index in [0.717, 1.165) is 5.56 Å². The van der Waals surface area contributed by atoms with Crippen molar-refractivity contribution in [2.45, 2.75) is 6.42 Å². The molecule has 0 saturated carbocycles. The maximum absolute atomic E-state index is 12.3. The second-order valence-corrected chi connectivity index (χ2v) is 7.11. The van der Waals surface area contributed by atoms with Gasteiger partial charge in [0.2, 0.25) is 5.91 Å². The number of carbonyl (C=O) groups excluding carboxylic acids is 3. The first-order chi connectivity index (χ1) is 15.4. The summed E-state index contributed by atoms with van der Waals surface area (Å²) in [5.41, 5.74) is 1.46. The van der Waals surface area contributed by atoms with Crippen LogP contribution in [0.15, 0.2) is 66.7 Å². The number of esters is 2. The summed E-state index contributed by atoms with van der Waals surface area (Å²) in [7, 11) is 2.44. The molecule has 8 heteroatoms. The number of ether oxygens (including phenoxy) is 3. The van der Waals surface area contributed by atoms with Gasteiger partial charge in [-0.3, -0.25) is 4.79 Å². The first-order valence-electron chi connectivity index (χ1n) is 9.52. The summed E-state index contributed by atoms with van der Waals surface area (Å²) < 4.78 is 15.2. The maximum atomic E-state index is 12.3. The van der Waals surface area contributed by atoms with Crippen molar-refractivity contribution in [2.75, 3.05) is 19.5 Å². The Morgan fingerprint density at radius 2 is 1.47 bits per heavy atom. The highest BCUT2D eigenvalue weighted by atomic mass is 35.5. The fourth-order valence-corrected chi connectivity index (χ4v) is 3.05. The maximum Gasteiger partial charge on any atom is 0.338 e. The number of hydrogen-bond acceptors (Lipinski definition) is 6. The van der Waals surface area contributed by atoms with Crippen LogP contribution in [0.1, 0.15) is 26.3 Å². The van der Waals surface area contributed by atoms with Crippen LogP contribution in [0.4, 0.5) is 5.69 Å². The molecule has 0 radical (unpaired) electrons. The van der Waals surface area contributed by atoms with Gasteiger partial charge in [0.15, 0.2) is 0 Å². The molecule has 0 spiro atoms. The second kappa shape index (κ2) is 10.5. The zero-order valence-electron chi connectivity index (χ0n) is 17.4. The Labute approximate surface area is 189 Å². The first kappa shape index (κ1) is 22.8. The van der Waals surface area contributed by atoms with Gasteiger partial charge in [-0.1, -0.05) is 29.8 Å². The smallest absolute Gasteiger partial charge is 0.338 e. The summed E-state index contributed by atoms with van der Waals surface area (Å²) in [6.45, 7) is 0. The monoisotopic (exact) mass is 453 g/mol. The van der Waals surface area contributed by atoms with Crippen LogP contribution in [0.2, 0.25) is 5.02 Å². The van der Waals surface area contributed by atoms with E-state index < -0.39 is 11.9 Å². The molecule has 0 fully saturated rings. The number of nitrogens with one attached hydrogen (secondary N) is 1. The van der Waals surface area contributed by atoms with Crippen LogP contribution >= 0.6 is 11.6 Å². The average Bonchev–Trinajstić information content (AvgIpc) is 2.79. The number of methoxy groups -OCH3 is 2. The van der Waals surface area contributed by atoms with Gasteiger partial charge in [-0.05, 0) is 48.0 Å². The summed E-state index contributed by atoms with van der Waals surface area (Å²) in [6, 6.07) is 18.2. The Kier molecular flexibility index (Phi) is 7.46. The summed E-state index contributed by atoms with van der Waals surface area (Å²) >= 11 is 5.87. The van der Waals surface area contributed by atoms with Gasteiger partial charge in [-0.25, -0.2) is 9.59 Å². The lowest BCUT2D eigenvalue weighted by molar-refractivity contribution is -0.115. The van der Waals surface area contributed by atoms with Crippen LogP contribution in [0.5, 0.6) is 11.5 Å². The largest absolute Gasteiger partial charge is 0.465 e. The zero-order valence-corrected chi connectivity index (χ0v) is 18.1. The molecular weight excluding hydrogens is 434 g/mol. The van der Waals surface area contributed by atoms with Crippen LogP contribution in [0.3, 0.4) is 0 Å². The lowest BCUT2D eigenvalue weighted by atomic mass is 10.1. The molecule has 164 valence electrons. The molecule has 0 unspecified atom stereocenters. The molecular formula is C24H20ClNO6. The Hall–Kier alpha value is -3.84. The standard InChI is InChI=1S/C24H20ClNO6/c1-30-23(28)20-11-10-19(14-21(20)24(29)31-2)32-18-5-3-4-17(13-18)26-22(27)12-15-6-8-16(25)9-7-15/h3-11,13-14H,12H2,1-2H3,(H,26,27). The number of halogens is 1. The Morgan fingerprint density at radius 1 is 0.812 bits per heavy atom. The highest BCUT2D eigenvalue weighted by Gasteiger charge is 2.19. The van der Waals surface area contributed by atoms with Crippen molar-refractivity contribution >= 4 is 35.1 Å². The molecule has 32 heavy (non-hydrogen) atoms. The topological polar surface area (TPSA) is 90.9 Å². The molecule has 0 aliphatic carbocycles. The van der Waals surface area contributed by atoms with Crippen molar-refractivity contribution in [3.8, 4) is 11.5 Å². The van der Waals surface area contributed by atoms with E-state index in [1.165, 1.54) is 32.4 Å². The van der Waals surface area contributed by atoms with Gasteiger partial charge in [-0.15, -0.1) is 0 Å². The Morgan fingerprint density at radius 3 is 2.16 bits per heavy atom. The van der Waals surface area contributed by atoms with Gasteiger partial charge in [0.1, 0.15) is 11.5 Å². The van der Waals surface area contributed by atoms with E-state index in [-0.39, 0.29) is 23.5 Å². The molecule has 3 rings (SSSR count). The molecule has 1 N–H and O–H groups in total. The summed E-state index contributed by atoms with van der Waals surface area (Å²) in [6.07, 6.45) is 0.194. The van der Waals surface area contributed by atoms with Crippen molar-refractivity contribution in [2.24, 2.45) is 0 Å². The molecule has 0 aromatic heterocycles. The van der Waals surface area contributed by atoms with E-state index in [9.17, 15) is 14.4 Å². The third kappa shape index (κ3) is 5.86. The molecule has 0 bridgehead atoms. The third-order valence-corrected chi connectivity index (χ3v) is 4.69. The number of benzene rings is 3. The fraction of sp³-hybridized carbons (Fsp3) is 0.125. The number of amides is 1. The van der Waals surface area contributed by atoms with E-state index in [4.69, 9.17) is 25.8 Å². The van der Waals surface area contributed by atoms with E-state index in [1.54, 1.807) is 48.5 Å². The summed E-state index contributed by atoms with van der Waals surface area (Å²) in [4.78, 5) is 36.3. The van der Waals surface area contributed by atoms with Gasteiger partial charge in [0, 0.05) is 16.8 Å². The number of rotatable bonds is 7. The molecule has 3 aromatic carbocycles. The zero-order chi connectivity index (χ0) is 23.1. The third-order valence-electron chi connectivity index (χ3n) is 4.43. The second-order valence-electron chi connectivity index (χ2n) is 6.67. The van der Waals surface area contributed by atoms with Crippen molar-refractivity contribution in [3.05, 3.63) is 88.4 Å². The van der Waals surface area contributed by atoms with E-state index in [1.807, 2.05) is 0 Å². The average molecular weight is 454 g/mol. The highest BCUT2D eigenvalue weighted by molar-refractivity contribution is 6.30. The Bertz CT molecular complexity index is 1140. The molecule has 0 heterocycles. The fourth-order valence-electron chi connectivity index (χ4n) is 2.92. The number of carbonyl (C=O) groups is 3. The van der Waals surface area contributed by atoms with Crippen molar-refractivity contribution in [1.82, 2.24) is 0 Å². The van der Waals surface area contributed by atoms with Gasteiger partial charge in [0.25, 0.3) is 0 Å². The minimum atomic E-state index is -0.695. The number of anilines is 1. The summed E-state index contributed by atoms with van der Waals surface area (Å²) in [5.74, 6) is -0.820. The molecule has 7 nitrogen and oxygen atoms in total. The molecule has 3 aromatic rings. The molecule has 0 atom stereocenters. The molecule has 0 aliphatic rings. The van der Waals surface area contributed by atoms with E-state index >= 15 is 0 Å². The van der Waals surface area contributed by atoms with E-state index in [2.05, 4.69) is 5.32 Å². The van der Waals surface area contributed by atoms with Crippen molar-refractivity contribution < 1.29 is 28.6 Å². The first-order valence-corrected chi connectivity index (χ1v) is 9.90. The van der Waals surface area contributed by atoms with Crippen LogP contribution in [-0.2, 0) is 20.7 Å².